The highest BCUT2D eigenvalue weighted by molar-refractivity contribution is 5.89. The van der Waals surface area contributed by atoms with Crippen molar-refractivity contribution in [3.8, 4) is 11.5 Å². The van der Waals surface area contributed by atoms with Gasteiger partial charge in [-0.1, -0.05) is 82.3 Å². The van der Waals surface area contributed by atoms with Crippen LogP contribution in [0.15, 0.2) is 66.7 Å². The van der Waals surface area contributed by atoms with E-state index >= 15 is 0 Å². The number of amides is 1. The van der Waals surface area contributed by atoms with Crippen molar-refractivity contribution in [2.75, 3.05) is 13.2 Å². The molecule has 1 amide bonds. The van der Waals surface area contributed by atoms with Crippen LogP contribution in [-0.4, -0.2) is 25.2 Å². The molecule has 0 saturated carbocycles. The summed E-state index contributed by atoms with van der Waals surface area (Å²) in [6.45, 7) is 9.26. The van der Waals surface area contributed by atoms with E-state index < -0.39 is 6.10 Å². The number of carbonyl (C=O) groups is 1. The summed E-state index contributed by atoms with van der Waals surface area (Å²) in [5, 5.41) is 5.04. The number of rotatable bonds is 8. The highest BCUT2D eigenvalue weighted by Gasteiger charge is 2.20. The Balaban J connectivity index is 1.56. The highest BCUT2D eigenvalue weighted by atomic mass is 16.5. The SMILES string of the molecule is CCC(Oc1cccc2ccccc12)C(=O)NCCOc1ccccc1C(C)(C)C. The first kappa shape index (κ1) is 21.7. The second-order valence-electron chi connectivity index (χ2n) is 8.38. The lowest BCUT2D eigenvalue weighted by molar-refractivity contribution is -0.128. The number of hydrogen-bond acceptors (Lipinski definition) is 3. The zero-order chi connectivity index (χ0) is 21.6. The second-order valence-corrected chi connectivity index (χ2v) is 8.38. The van der Waals surface area contributed by atoms with Crippen LogP contribution < -0.4 is 14.8 Å². The van der Waals surface area contributed by atoms with Gasteiger partial charge in [-0.25, -0.2) is 0 Å². The van der Waals surface area contributed by atoms with Crippen LogP contribution in [0.1, 0.15) is 39.7 Å². The van der Waals surface area contributed by atoms with Crippen LogP contribution in [0.5, 0.6) is 11.5 Å². The van der Waals surface area contributed by atoms with E-state index in [-0.39, 0.29) is 11.3 Å². The maximum Gasteiger partial charge on any atom is 0.261 e. The molecule has 4 heteroatoms. The number of para-hydroxylation sites is 1. The van der Waals surface area contributed by atoms with Crippen molar-refractivity contribution in [1.29, 1.82) is 0 Å². The minimum atomic E-state index is -0.544. The predicted octanol–water partition coefficient (Wildman–Crippen LogP) is 5.49. The van der Waals surface area contributed by atoms with Crippen molar-refractivity contribution in [3.05, 3.63) is 72.3 Å². The van der Waals surface area contributed by atoms with Gasteiger partial charge in [-0.2, -0.15) is 0 Å². The lowest BCUT2D eigenvalue weighted by Gasteiger charge is -2.23. The summed E-state index contributed by atoms with van der Waals surface area (Å²) in [4.78, 5) is 12.7. The first-order chi connectivity index (χ1) is 14.4. The van der Waals surface area contributed by atoms with Crippen LogP contribution in [0, 0.1) is 0 Å². The molecule has 0 radical (unpaired) electrons. The minimum Gasteiger partial charge on any atom is -0.491 e. The zero-order valence-corrected chi connectivity index (χ0v) is 18.3. The van der Waals surface area contributed by atoms with E-state index in [1.807, 2.05) is 67.6 Å². The van der Waals surface area contributed by atoms with Gasteiger partial charge < -0.3 is 14.8 Å². The highest BCUT2D eigenvalue weighted by Crippen LogP contribution is 2.31. The molecular weight excluding hydrogens is 374 g/mol. The van der Waals surface area contributed by atoms with Gasteiger partial charge in [-0.3, -0.25) is 4.79 Å². The molecule has 0 saturated heterocycles. The van der Waals surface area contributed by atoms with Crippen molar-refractivity contribution in [1.82, 2.24) is 5.32 Å². The average Bonchev–Trinajstić information content (AvgIpc) is 2.74. The molecule has 158 valence electrons. The number of carbonyl (C=O) groups excluding carboxylic acids is 1. The van der Waals surface area contributed by atoms with Gasteiger partial charge in [0, 0.05) is 5.39 Å². The molecule has 0 aliphatic heterocycles. The third-order valence-electron chi connectivity index (χ3n) is 5.04. The summed E-state index contributed by atoms with van der Waals surface area (Å²) in [6.07, 6.45) is 0.0423. The Labute approximate surface area is 179 Å². The van der Waals surface area contributed by atoms with E-state index in [4.69, 9.17) is 9.47 Å². The minimum absolute atomic E-state index is 0.000551. The topological polar surface area (TPSA) is 47.6 Å². The Hall–Kier alpha value is -3.01. The van der Waals surface area contributed by atoms with Gasteiger partial charge in [-0.15, -0.1) is 0 Å². The zero-order valence-electron chi connectivity index (χ0n) is 18.3. The molecule has 0 bridgehead atoms. The second kappa shape index (κ2) is 9.66. The lowest BCUT2D eigenvalue weighted by Crippen LogP contribution is -2.39. The fourth-order valence-electron chi connectivity index (χ4n) is 3.44. The van der Waals surface area contributed by atoms with Crippen molar-refractivity contribution in [3.63, 3.8) is 0 Å². The van der Waals surface area contributed by atoms with Crippen molar-refractivity contribution in [2.24, 2.45) is 0 Å². The van der Waals surface area contributed by atoms with E-state index in [0.29, 0.717) is 19.6 Å². The van der Waals surface area contributed by atoms with Crippen molar-refractivity contribution < 1.29 is 14.3 Å². The van der Waals surface area contributed by atoms with Crippen molar-refractivity contribution in [2.45, 2.75) is 45.6 Å². The molecule has 0 fully saturated rings. The molecule has 0 heterocycles. The number of nitrogens with one attached hydrogen (secondary N) is 1. The first-order valence-electron chi connectivity index (χ1n) is 10.5. The first-order valence-corrected chi connectivity index (χ1v) is 10.5. The molecule has 3 aromatic carbocycles. The van der Waals surface area contributed by atoms with Crippen LogP contribution >= 0.6 is 0 Å². The Morgan fingerprint density at radius 3 is 2.37 bits per heavy atom. The maximum absolute atomic E-state index is 12.7. The summed E-state index contributed by atoms with van der Waals surface area (Å²) in [5.74, 6) is 1.46. The molecule has 0 aromatic heterocycles. The molecule has 0 aliphatic carbocycles. The smallest absolute Gasteiger partial charge is 0.261 e. The van der Waals surface area contributed by atoms with Crippen molar-refractivity contribution >= 4 is 16.7 Å². The molecule has 1 N–H and O–H groups in total. The summed E-state index contributed by atoms with van der Waals surface area (Å²) in [6, 6.07) is 22.0. The molecule has 0 aliphatic rings. The number of ether oxygens (including phenoxy) is 2. The monoisotopic (exact) mass is 405 g/mol. The van der Waals surface area contributed by atoms with Gasteiger partial charge in [0.25, 0.3) is 5.91 Å². The van der Waals surface area contributed by atoms with E-state index in [2.05, 4.69) is 32.2 Å². The molecular formula is C26H31NO3. The third-order valence-corrected chi connectivity index (χ3v) is 5.04. The summed E-state index contributed by atoms with van der Waals surface area (Å²) >= 11 is 0. The summed E-state index contributed by atoms with van der Waals surface area (Å²) in [7, 11) is 0. The number of benzene rings is 3. The standard InChI is InChI=1S/C26H31NO3/c1-5-22(30-23-16-10-12-19-11-6-7-13-20(19)23)25(28)27-17-18-29-24-15-9-8-14-21(24)26(2,3)4/h6-16,22H,5,17-18H2,1-4H3,(H,27,28). The normalized spacial score (nSPS) is 12.4. The Morgan fingerprint density at radius 1 is 0.933 bits per heavy atom. The average molecular weight is 406 g/mol. The molecule has 1 atom stereocenters. The number of hydrogen-bond donors (Lipinski definition) is 1. The molecule has 3 aromatic rings. The maximum atomic E-state index is 12.7. The Bertz CT molecular complexity index is 985. The lowest BCUT2D eigenvalue weighted by atomic mass is 9.86. The van der Waals surface area contributed by atoms with Gasteiger partial charge in [-0.05, 0) is 34.9 Å². The van der Waals surface area contributed by atoms with E-state index in [0.717, 1.165) is 27.8 Å². The molecule has 30 heavy (non-hydrogen) atoms. The van der Waals surface area contributed by atoms with Gasteiger partial charge >= 0.3 is 0 Å². The van der Waals surface area contributed by atoms with Gasteiger partial charge in [0.15, 0.2) is 6.10 Å². The van der Waals surface area contributed by atoms with Crippen LogP contribution in [0.3, 0.4) is 0 Å². The van der Waals surface area contributed by atoms with E-state index in [1.165, 1.54) is 0 Å². The molecule has 3 rings (SSSR count). The van der Waals surface area contributed by atoms with Gasteiger partial charge in [0.05, 0.1) is 6.54 Å². The Morgan fingerprint density at radius 2 is 1.60 bits per heavy atom. The Kier molecular flexibility index (Phi) is 6.99. The van der Waals surface area contributed by atoms with Gasteiger partial charge in [0.1, 0.15) is 18.1 Å². The molecule has 4 nitrogen and oxygen atoms in total. The van der Waals surface area contributed by atoms with E-state index in [9.17, 15) is 4.79 Å². The van der Waals surface area contributed by atoms with E-state index in [1.54, 1.807) is 0 Å². The largest absolute Gasteiger partial charge is 0.491 e. The van der Waals surface area contributed by atoms with Crippen LogP contribution in [0.4, 0.5) is 0 Å². The van der Waals surface area contributed by atoms with Gasteiger partial charge in [0.2, 0.25) is 0 Å². The fraction of sp³-hybridized carbons (Fsp3) is 0.346. The van der Waals surface area contributed by atoms with Crippen LogP contribution in [-0.2, 0) is 10.2 Å². The third kappa shape index (κ3) is 5.32. The van der Waals surface area contributed by atoms with Crippen LogP contribution in [0.25, 0.3) is 10.8 Å². The summed E-state index contributed by atoms with van der Waals surface area (Å²) in [5.41, 5.74) is 1.15. The van der Waals surface area contributed by atoms with Crippen LogP contribution in [0.2, 0.25) is 0 Å². The summed E-state index contributed by atoms with van der Waals surface area (Å²) < 4.78 is 12.0. The fourth-order valence-corrected chi connectivity index (χ4v) is 3.44. The number of fused-ring (bicyclic) bond motifs is 1. The molecule has 0 spiro atoms. The quantitative estimate of drug-likeness (QED) is 0.504. The molecule has 1 unspecified atom stereocenters. The predicted molar refractivity (Wildman–Crippen MR) is 122 cm³/mol.